The molecule has 1 rings (SSSR count). The highest BCUT2D eigenvalue weighted by molar-refractivity contribution is 5.19. The van der Waals surface area contributed by atoms with Gasteiger partial charge in [-0.2, -0.15) is 0 Å². The molecule has 1 aromatic rings. The molecule has 0 aliphatic carbocycles. The van der Waals surface area contributed by atoms with Crippen LogP contribution in [0.15, 0.2) is 18.2 Å². The largest absolute Gasteiger partial charge is 0.257 e. The summed E-state index contributed by atoms with van der Waals surface area (Å²) in [6.45, 7) is 5.03. The SMILES string of the molecule is [2H]C([2H])([2H])C([2H])(C)c1cccc(C(C)(C)C)n1. The molecule has 0 N–H and O–H groups in total. The van der Waals surface area contributed by atoms with Crippen LogP contribution in [0.1, 0.15) is 57.3 Å². The number of pyridine rings is 1. The lowest BCUT2D eigenvalue weighted by Gasteiger charge is -2.19. The van der Waals surface area contributed by atoms with Crippen molar-refractivity contribution in [3.63, 3.8) is 0 Å². The summed E-state index contributed by atoms with van der Waals surface area (Å²) in [5.74, 6) is -1.67. The zero-order valence-electron chi connectivity index (χ0n) is 12.7. The summed E-state index contributed by atoms with van der Waals surface area (Å²) in [5.41, 5.74) is 0.948. The van der Waals surface area contributed by atoms with E-state index in [1.807, 2.05) is 26.8 Å². The van der Waals surface area contributed by atoms with E-state index in [9.17, 15) is 0 Å². The van der Waals surface area contributed by atoms with Crippen molar-refractivity contribution in [2.75, 3.05) is 0 Å². The van der Waals surface area contributed by atoms with E-state index in [-0.39, 0.29) is 5.41 Å². The second kappa shape index (κ2) is 3.49. The topological polar surface area (TPSA) is 12.9 Å². The molecule has 0 amide bonds. The van der Waals surface area contributed by atoms with Crippen molar-refractivity contribution in [2.45, 2.75) is 45.9 Å². The third-order valence-corrected chi connectivity index (χ3v) is 1.90. The lowest BCUT2D eigenvalue weighted by atomic mass is 9.91. The van der Waals surface area contributed by atoms with Gasteiger partial charge in [0.1, 0.15) is 0 Å². The molecule has 0 aliphatic rings. The minimum Gasteiger partial charge on any atom is -0.257 e. The van der Waals surface area contributed by atoms with Crippen LogP contribution >= 0.6 is 0 Å². The van der Waals surface area contributed by atoms with E-state index in [1.165, 1.54) is 6.92 Å². The van der Waals surface area contributed by atoms with Crippen molar-refractivity contribution < 1.29 is 5.48 Å². The van der Waals surface area contributed by atoms with Crippen molar-refractivity contribution in [1.82, 2.24) is 4.98 Å². The summed E-state index contributed by atoms with van der Waals surface area (Å²) in [5, 5.41) is 0. The lowest BCUT2D eigenvalue weighted by molar-refractivity contribution is 0.563. The summed E-state index contributed by atoms with van der Waals surface area (Å²) in [4.78, 5) is 4.33. The molecule has 0 aliphatic heterocycles. The molecule has 1 heterocycles. The average molecular weight is 181 g/mol. The Morgan fingerprint density at radius 1 is 1.46 bits per heavy atom. The first kappa shape index (κ1) is 5.79. The first-order chi connectivity index (χ1) is 7.46. The van der Waals surface area contributed by atoms with Gasteiger partial charge in [-0.05, 0) is 18.0 Å². The first-order valence-electron chi connectivity index (χ1n) is 6.44. The van der Waals surface area contributed by atoms with Gasteiger partial charge in [-0.15, -0.1) is 0 Å². The molecule has 0 fully saturated rings. The van der Waals surface area contributed by atoms with Gasteiger partial charge in [-0.25, -0.2) is 0 Å². The van der Waals surface area contributed by atoms with Crippen molar-refractivity contribution >= 4 is 0 Å². The standard InChI is InChI=1S/C12H19N/c1-9(2)10-7-6-8-11(13-10)12(3,4)5/h6-9H,1-5H3/i1D3,9D. The van der Waals surface area contributed by atoms with Crippen molar-refractivity contribution in [1.29, 1.82) is 0 Å². The van der Waals surface area contributed by atoms with Gasteiger partial charge >= 0.3 is 0 Å². The molecule has 13 heavy (non-hydrogen) atoms. The third-order valence-electron chi connectivity index (χ3n) is 1.90. The quantitative estimate of drug-likeness (QED) is 0.646. The molecule has 1 unspecified atom stereocenters. The van der Waals surface area contributed by atoms with E-state index in [0.29, 0.717) is 5.69 Å². The van der Waals surface area contributed by atoms with Gasteiger partial charge in [0.15, 0.2) is 0 Å². The molecule has 72 valence electrons. The van der Waals surface area contributed by atoms with Gasteiger partial charge in [0.2, 0.25) is 0 Å². The molecule has 0 aromatic carbocycles. The molecule has 1 heteroatoms. The molecule has 1 nitrogen and oxygen atoms in total. The highest BCUT2D eigenvalue weighted by Gasteiger charge is 2.15. The molecule has 0 saturated heterocycles. The van der Waals surface area contributed by atoms with Gasteiger partial charge in [0.05, 0.1) is 0 Å². The van der Waals surface area contributed by atoms with Crippen molar-refractivity contribution in [3.8, 4) is 0 Å². The van der Waals surface area contributed by atoms with Crippen LogP contribution in [0.3, 0.4) is 0 Å². The van der Waals surface area contributed by atoms with E-state index in [2.05, 4.69) is 4.98 Å². The third kappa shape index (κ3) is 2.55. The Balaban J connectivity index is 3.26. The highest BCUT2D eigenvalue weighted by Crippen LogP contribution is 2.21. The summed E-state index contributed by atoms with van der Waals surface area (Å²) < 4.78 is 30.2. The number of nitrogens with zero attached hydrogens (tertiary/aromatic N) is 1. The van der Waals surface area contributed by atoms with Gasteiger partial charge in [-0.3, -0.25) is 4.98 Å². The second-order valence-corrected chi connectivity index (χ2v) is 4.28. The Kier molecular flexibility index (Phi) is 1.55. The van der Waals surface area contributed by atoms with Gasteiger partial charge < -0.3 is 0 Å². The minimum atomic E-state index is -2.38. The molecule has 0 saturated carbocycles. The lowest BCUT2D eigenvalue weighted by Crippen LogP contribution is -2.14. The van der Waals surface area contributed by atoms with E-state index in [1.54, 1.807) is 12.1 Å². The molecule has 1 atom stereocenters. The van der Waals surface area contributed by atoms with Gasteiger partial charge in [0.25, 0.3) is 0 Å². The Morgan fingerprint density at radius 2 is 2.15 bits per heavy atom. The maximum absolute atomic E-state index is 7.99. The number of rotatable bonds is 1. The molecule has 0 radical (unpaired) electrons. The number of aromatic nitrogens is 1. The van der Waals surface area contributed by atoms with E-state index in [0.717, 1.165) is 5.69 Å². The maximum atomic E-state index is 7.99. The summed E-state index contributed by atoms with van der Waals surface area (Å²) in [6.07, 6.45) is 0. The fourth-order valence-electron chi connectivity index (χ4n) is 1.06. The Morgan fingerprint density at radius 3 is 2.69 bits per heavy atom. The van der Waals surface area contributed by atoms with E-state index in [4.69, 9.17) is 5.48 Å². The van der Waals surface area contributed by atoms with Crippen LogP contribution in [-0.2, 0) is 5.41 Å². The van der Waals surface area contributed by atoms with Crippen LogP contribution < -0.4 is 0 Å². The number of hydrogen-bond donors (Lipinski definition) is 0. The first-order valence-corrected chi connectivity index (χ1v) is 4.44. The molecular formula is C12H19N. The van der Waals surface area contributed by atoms with Crippen molar-refractivity contribution in [3.05, 3.63) is 29.6 Å². The van der Waals surface area contributed by atoms with Crippen LogP contribution in [-0.4, -0.2) is 4.98 Å². The van der Waals surface area contributed by atoms with Crippen molar-refractivity contribution in [2.24, 2.45) is 0 Å². The Labute approximate surface area is 86.8 Å². The van der Waals surface area contributed by atoms with Gasteiger partial charge in [-0.1, -0.05) is 40.6 Å². The fraction of sp³-hybridized carbons (Fsp3) is 0.583. The smallest absolute Gasteiger partial charge is 0.0460 e. The maximum Gasteiger partial charge on any atom is 0.0460 e. The zero-order chi connectivity index (χ0) is 13.5. The van der Waals surface area contributed by atoms with Crippen LogP contribution in [0.25, 0.3) is 0 Å². The minimum absolute atomic E-state index is 0.152. The Hall–Kier alpha value is -0.850. The number of hydrogen-bond acceptors (Lipinski definition) is 1. The average Bonchev–Trinajstić information content (AvgIpc) is 2.15. The predicted molar refractivity (Wildman–Crippen MR) is 57.0 cm³/mol. The Bertz CT molecular complexity index is 402. The summed E-state index contributed by atoms with van der Waals surface area (Å²) >= 11 is 0. The fourth-order valence-corrected chi connectivity index (χ4v) is 1.06. The molecule has 0 spiro atoms. The van der Waals surface area contributed by atoms with Crippen LogP contribution in [0, 0.1) is 0 Å². The second-order valence-electron chi connectivity index (χ2n) is 4.28. The van der Waals surface area contributed by atoms with Crippen LogP contribution in [0.5, 0.6) is 0 Å². The predicted octanol–water partition coefficient (Wildman–Crippen LogP) is 3.50. The monoisotopic (exact) mass is 181 g/mol. The highest BCUT2D eigenvalue weighted by atomic mass is 14.7. The van der Waals surface area contributed by atoms with E-state index >= 15 is 0 Å². The molecule has 0 bridgehead atoms. The molecule has 1 aromatic heterocycles. The van der Waals surface area contributed by atoms with E-state index < -0.39 is 12.7 Å². The summed E-state index contributed by atoms with van der Waals surface area (Å²) in [6, 6.07) is 5.23. The zero-order valence-corrected chi connectivity index (χ0v) is 8.68. The van der Waals surface area contributed by atoms with Crippen LogP contribution in [0.2, 0.25) is 0 Å². The van der Waals surface area contributed by atoms with Crippen LogP contribution in [0.4, 0.5) is 0 Å². The summed E-state index contributed by atoms with van der Waals surface area (Å²) in [7, 11) is 0. The normalized spacial score (nSPS) is 22.2. The molecular weight excluding hydrogens is 158 g/mol. The van der Waals surface area contributed by atoms with Gasteiger partial charge in [0, 0.05) is 22.3 Å².